The standard InChI is InChI=1S/C21H20N2O3/c24-20(23-18-11-10-16-8-4-5-9-17(16)12-18)13-19(21(25)26)22-14-15-6-2-1-3-7-15/h1-12,19,22H,13-14H2,(H,23,24)(H,25,26)/t19-/m0/s1. The summed E-state index contributed by atoms with van der Waals surface area (Å²) in [5, 5.41) is 17.8. The highest BCUT2D eigenvalue weighted by molar-refractivity contribution is 5.96. The van der Waals surface area contributed by atoms with Crippen LogP contribution in [0.4, 0.5) is 5.69 Å². The number of nitrogens with one attached hydrogen (secondary N) is 1. The van der Waals surface area contributed by atoms with Crippen LogP contribution in [-0.2, 0) is 16.1 Å². The molecule has 0 bridgehead atoms. The maximum atomic E-state index is 12.3. The first-order chi connectivity index (χ1) is 12.6. The lowest BCUT2D eigenvalue weighted by Crippen LogP contribution is -2.92. The number of benzene rings is 3. The molecule has 5 nitrogen and oxygen atoms in total. The van der Waals surface area contributed by atoms with Gasteiger partial charge < -0.3 is 20.5 Å². The van der Waals surface area contributed by atoms with Crippen LogP contribution in [0.3, 0.4) is 0 Å². The zero-order valence-corrected chi connectivity index (χ0v) is 14.2. The van der Waals surface area contributed by atoms with Crippen LogP contribution in [0.2, 0.25) is 0 Å². The molecule has 3 aromatic carbocycles. The summed E-state index contributed by atoms with van der Waals surface area (Å²) in [7, 11) is 0. The van der Waals surface area contributed by atoms with Gasteiger partial charge in [-0.25, -0.2) is 0 Å². The van der Waals surface area contributed by atoms with Crippen LogP contribution in [0.1, 0.15) is 12.0 Å². The van der Waals surface area contributed by atoms with Crippen LogP contribution in [0, 0.1) is 0 Å². The monoisotopic (exact) mass is 348 g/mol. The van der Waals surface area contributed by atoms with Crippen molar-refractivity contribution in [3.63, 3.8) is 0 Å². The molecule has 26 heavy (non-hydrogen) atoms. The second-order valence-corrected chi connectivity index (χ2v) is 6.17. The molecule has 0 saturated carbocycles. The minimum Gasteiger partial charge on any atom is -0.544 e. The number of carboxylic acids is 1. The fraction of sp³-hybridized carbons (Fsp3) is 0.143. The van der Waals surface area contributed by atoms with Gasteiger partial charge in [0, 0.05) is 11.3 Å². The van der Waals surface area contributed by atoms with E-state index in [4.69, 9.17) is 0 Å². The number of amides is 1. The summed E-state index contributed by atoms with van der Waals surface area (Å²) >= 11 is 0. The van der Waals surface area contributed by atoms with Gasteiger partial charge in [-0.15, -0.1) is 0 Å². The van der Waals surface area contributed by atoms with Gasteiger partial charge in [0.1, 0.15) is 12.6 Å². The predicted octanol–water partition coefficient (Wildman–Crippen LogP) is 1.05. The largest absolute Gasteiger partial charge is 0.544 e. The molecular formula is C21H20N2O3. The van der Waals surface area contributed by atoms with Gasteiger partial charge in [0.15, 0.2) is 0 Å². The van der Waals surface area contributed by atoms with Crippen LogP contribution in [0.25, 0.3) is 10.8 Å². The summed E-state index contributed by atoms with van der Waals surface area (Å²) < 4.78 is 0. The number of nitrogens with two attached hydrogens (primary N) is 1. The fourth-order valence-electron chi connectivity index (χ4n) is 2.83. The molecule has 0 fully saturated rings. The Morgan fingerprint density at radius 1 is 0.923 bits per heavy atom. The van der Waals surface area contributed by atoms with Gasteiger partial charge in [-0.2, -0.15) is 0 Å². The molecule has 0 aliphatic rings. The number of anilines is 1. The molecular weight excluding hydrogens is 328 g/mol. The van der Waals surface area contributed by atoms with Crippen molar-refractivity contribution in [1.29, 1.82) is 0 Å². The Morgan fingerprint density at radius 3 is 2.35 bits per heavy atom. The maximum Gasteiger partial charge on any atom is 0.230 e. The number of hydrogen-bond donors (Lipinski definition) is 2. The van der Waals surface area contributed by atoms with Crippen molar-refractivity contribution in [2.45, 2.75) is 19.0 Å². The van der Waals surface area contributed by atoms with Crippen LogP contribution >= 0.6 is 0 Å². The maximum absolute atomic E-state index is 12.3. The van der Waals surface area contributed by atoms with Crippen LogP contribution < -0.4 is 15.7 Å². The number of quaternary nitrogens is 1. The van der Waals surface area contributed by atoms with Gasteiger partial charge in [0.05, 0.1) is 12.4 Å². The van der Waals surface area contributed by atoms with E-state index in [9.17, 15) is 14.7 Å². The van der Waals surface area contributed by atoms with Crippen molar-refractivity contribution < 1.29 is 20.0 Å². The Labute approximate surface area is 151 Å². The van der Waals surface area contributed by atoms with E-state index in [1.807, 2.05) is 72.8 Å². The number of fused-ring (bicyclic) bond motifs is 1. The average molecular weight is 348 g/mol. The first kappa shape index (κ1) is 17.6. The molecule has 3 N–H and O–H groups in total. The lowest BCUT2D eigenvalue weighted by atomic mass is 10.1. The number of carbonyl (C=O) groups excluding carboxylic acids is 2. The molecule has 0 heterocycles. The second-order valence-electron chi connectivity index (χ2n) is 6.17. The van der Waals surface area contributed by atoms with E-state index >= 15 is 0 Å². The summed E-state index contributed by atoms with van der Waals surface area (Å²) in [5.74, 6) is -1.59. The van der Waals surface area contributed by atoms with E-state index in [1.54, 1.807) is 5.32 Å². The minimum absolute atomic E-state index is 0.151. The Morgan fingerprint density at radius 2 is 1.62 bits per heavy atom. The highest BCUT2D eigenvalue weighted by Crippen LogP contribution is 2.18. The molecule has 5 heteroatoms. The lowest BCUT2D eigenvalue weighted by Gasteiger charge is -2.16. The smallest absolute Gasteiger partial charge is 0.230 e. The van der Waals surface area contributed by atoms with Crippen molar-refractivity contribution in [2.24, 2.45) is 0 Å². The Kier molecular flexibility index (Phi) is 5.61. The fourth-order valence-corrected chi connectivity index (χ4v) is 2.83. The van der Waals surface area contributed by atoms with Gasteiger partial charge in [-0.3, -0.25) is 4.79 Å². The average Bonchev–Trinajstić information content (AvgIpc) is 2.65. The molecule has 3 rings (SSSR count). The minimum atomic E-state index is -1.24. The third-order valence-electron chi connectivity index (χ3n) is 4.22. The van der Waals surface area contributed by atoms with E-state index in [-0.39, 0.29) is 12.3 Å². The topological polar surface area (TPSA) is 85.8 Å². The first-order valence-corrected chi connectivity index (χ1v) is 8.48. The van der Waals surface area contributed by atoms with Gasteiger partial charge in [0.25, 0.3) is 0 Å². The van der Waals surface area contributed by atoms with Crippen LogP contribution in [0.15, 0.2) is 72.8 Å². The molecule has 1 amide bonds. The number of rotatable bonds is 7. The van der Waals surface area contributed by atoms with E-state index in [0.717, 1.165) is 16.3 Å². The lowest BCUT2D eigenvalue weighted by molar-refractivity contribution is -0.697. The summed E-state index contributed by atoms with van der Waals surface area (Å²) in [4.78, 5) is 23.6. The molecule has 0 saturated heterocycles. The van der Waals surface area contributed by atoms with Crippen molar-refractivity contribution in [2.75, 3.05) is 5.32 Å². The molecule has 3 aromatic rings. The van der Waals surface area contributed by atoms with Gasteiger partial charge >= 0.3 is 0 Å². The molecule has 0 spiro atoms. The molecule has 1 atom stereocenters. The quantitative estimate of drug-likeness (QED) is 0.669. The highest BCUT2D eigenvalue weighted by Gasteiger charge is 2.18. The van der Waals surface area contributed by atoms with Gasteiger partial charge in [-0.05, 0) is 22.9 Å². The summed E-state index contributed by atoms with van der Waals surface area (Å²) in [6.07, 6.45) is -0.151. The van der Waals surface area contributed by atoms with Gasteiger partial charge in [0.2, 0.25) is 5.91 Å². The number of aliphatic carboxylic acids is 1. The zero-order chi connectivity index (χ0) is 18.4. The normalized spacial score (nSPS) is 11.8. The Hall–Kier alpha value is -3.18. The highest BCUT2D eigenvalue weighted by atomic mass is 16.4. The Bertz CT molecular complexity index is 909. The molecule has 0 aliphatic heterocycles. The Balaban J connectivity index is 1.60. The first-order valence-electron chi connectivity index (χ1n) is 8.48. The van der Waals surface area contributed by atoms with Crippen molar-refractivity contribution >= 4 is 28.3 Å². The predicted molar refractivity (Wildman–Crippen MR) is 98.1 cm³/mol. The number of hydrogen-bond acceptors (Lipinski definition) is 3. The number of carboxylic acid groups (broad SMARTS) is 1. The summed E-state index contributed by atoms with van der Waals surface area (Å²) in [5.41, 5.74) is 1.64. The van der Waals surface area contributed by atoms with Crippen LogP contribution in [0.5, 0.6) is 0 Å². The zero-order valence-electron chi connectivity index (χ0n) is 14.2. The molecule has 132 valence electrons. The third-order valence-corrected chi connectivity index (χ3v) is 4.22. The van der Waals surface area contributed by atoms with Gasteiger partial charge in [-0.1, -0.05) is 60.7 Å². The van der Waals surface area contributed by atoms with E-state index in [0.29, 0.717) is 12.2 Å². The summed E-state index contributed by atoms with van der Waals surface area (Å²) in [6, 6.07) is 22.0. The van der Waals surface area contributed by atoms with E-state index < -0.39 is 12.0 Å². The van der Waals surface area contributed by atoms with Crippen LogP contribution in [-0.4, -0.2) is 17.9 Å². The van der Waals surface area contributed by atoms with Crippen molar-refractivity contribution in [1.82, 2.24) is 0 Å². The molecule has 0 unspecified atom stereocenters. The molecule has 0 aliphatic carbocycles. The van der Waals surface area contributed by atoms with E-state index in [2.05, 4.69) is 5.32 Å². The third kappa shape index (κ3) is 4.68. The SMILES string of the molecule is O=C(C[C@H]([NH2+]Cc1ccccc1)C(=O)[O-])Nc1ccc2ccccc2c1. The summed E-state index contributed by atoms with van der Waals surface area (Å²) in [6.45, 7) is 0.475. The second kappa shape index (κ2) is 8.27. The molecule has 0 radical (unpaired) electrons. The molecule has 0 aromatic heterocycles. The van der Waals surface area contributed by atoms with E-state index in [1.165, 1.54) is 0 Å². The van der Waals surface area contributed by atoms with Crippen molar-refractivity contribution in [3.05, 3.63) is 78.4 Å². The number of carbonyl (C=O) groups is 2. The van der Waals surface area contributed by atoms with Crippen molar-refractivity contribution in [3.8, 4) is 0 Å².